The molecule has 0 spiro atoms. The molecule has 1 aromatic carbocycles. The summed E-state index contributed by atoms with van der Waals surface area (Å²) in [7, 11) is 0. The number of aromatic nitrogens is 2. The third kappa shape index (κ3) is 6.98. The van der Waals surface area contributed by atoms with Crippen LogP contribution < -0.4 is 5.32 Å². The van der Waals surface area contributed by atoms with Crippen LogP contribution in [0.2, 0.25) is 10.0 Å². The topological polar surface area (TPSA) is 54.9 Å². The van der Waals surface area contributed by atoms with Crippen molar-refractivity contribution in [3.8, 4) is 0 Å². The average molecular weight is 436 g/mol. The largest absolute Gasteiger partial charge is 0.349 e. The van der Waals surface area contributed by atoms with E-state index in [1.165, 1.54) is 35.9 Å². The number of thioether (sulfide) groups is 2. The predicted molar refractivity (Wildman–Crippen MR) is 109 cm³/mol. The maximum atomic E-state index is 12.1. The third-order valence-electron chi connectivity index (χ3n) is 3.26. The molecule has 4 nitrogen and oxygen atoms in total. The Morgan fingerprint density at radius 3 is 2.64 bits per heavy atom. The van der Waals surface area contributed by atoms with Gasteiger partial charge in [0.05, 0.1) is 21.8 Å². The van der Waals surface area contributed by atoms with Crippen molar-refractivity contribution in [1.29, 1.82) is 0 Å². The van der Waals surface area contributed by atoms with Crippen molar-refractivity contribution in [3.63, 3.8) is 0 Å². The number of nitrogens with zero attached hydrogens (tertiary/aromatic N) is 2. The van der Waals surface area contributed by atoms with E-state index in [0.717, 1.165) is 20.0 Å². The first-order chi connectivity index (χ1) is 12.0. The van der Waals surface area contributed by atoms with Gasteiger partial charge in [-0.2, -0.15) is 0 Å². The van der Waals surface area contributed by atoms with E-state index in [0.29, 0.717) is 15.8 Å². The Hall–Kier alpha value is -0.470. The minimum Gasteiger partial charge on any atom is -0.349 e. The predicted octanol–water partition coefficient (Wildman–Crippen LogP) is 5.71. The van der Waals surface area contributed by atoms with Gasteiger partial charge in [0.1, 0.15) is 0 Å². The lowest BCUT2D eigenvalue weighted by molar-refractivity contribution is -0.119. The van der Waals surface area contributed by atoms with E-state index < -0.39 is 0 Å². The average Bonchev–Trinajstić information content (AvgIpc) is 3.03. The summed E-state index contributed by atoms with van der Waals surface area (Å²) in [5.41, 5.74) is 0.915. The quantitative estimate of drug-likeness (QED) is 0.403. The molecule has 0 aliphatic carbocycles. The van der Waals surface area contributed by atoms with Gasteiger partial charge in [0, 0.05) is 5.75 Å². The van der Waals surface area contributed by atoms with Crippen LogP contribution in [0, 0.1) is 0 Å². The number of rotatable bonds is 9. The van der Waals surface area contributed by atoms with Crippen LogP contribution in [0.25, 0.3) is 0 Å². The molecule has 1 unspecified atom stereocenters. The van der Waals surface area contributed by atoms with Crippen LogP contribution in [0.1, 0.15) is 38.3 Å². The Labute approximate surface area is 170 Å². The maximum Gasteiger partial charge on any atom is 0.230 e. The van der Waals surface area contributed by atoms with Gasteiger partial charge in [-0.05, 0) is 31.0 Å². The van der Waals surface area contributed by atoms with Crippen LogP contribution in [-0.4, -0.2) is 27.6 Å². The van der Waals surface area contributed by atoms with Crippen molar-refractivity contribution in [2.45, 2.75) is 41.4 Å². The number of unbranched alkanes of at least 4 members (excludes halogenated alkanes) is 1. The molecule has 1 amide bonds. The van der Waals surface area contributed by atoms with Crippen molar-refractivity contribution >= 4 is 64.0 Å². The number of hydrogen-bond acceptors (Lipinski definition) is 6. The van der Waals surface area contributed by atoms with Crippen LogP contribution in [-0.2, 0) is 4.79 Å². The number of amides is 1. The smallest absolute Gasteiger partial charge is 0.230 e. The van der Waals surface area contributed by atoms with Gasteiger partial charge in [0.2, 0.25) is 5.91 Å². The van der Waals surface area contributed by atoms with Crippen molar-refractivity contribution in [3.05, 3.63) is 33.8 Å². The zero-order chi connectivity index (χ0) is 18.2. The molecule has 2 aromatic rings. The van der Waals surface area contributed by atoms with Crippen molar-refractivity contribution in [1.82, 2.24) is 15.5 Å². The van der Waals surface area contributed by atoms with Gasteiger partial charge in [-0.15, -0.1) is 10.2 Å². The maximum absolute atomic E-state index is 12.1. The van der Waals surface area contributed by atoms with Gasteiger partial charge in [-0.1, -0.05) is 77.5 Å². The Bertz CT molecular complexity index is 712. The molecule has 0 bridgehead atoms. The number of carbonyl (C=O) groups is 1. The van der Waals surface area contributed by atoms with E-state index in [2.05, 4.69) is 22.4 Å². The second kappa shape index (κ2) is 10.6. The van der Waals surface area contributed by atoms with Crippen LogP contribution >= 0.6 is 58.1 Å². The van der Waals surface area contributed by atoms with Crippen LogP contribution in [0.15, 0.2) is 26.9 Å². The number of halogens is 2. The summed E-state index contributed by atoms with van der Waals surface area (Å²) in [6.45, 7) is 4.08. The molecule has 0 radical (unpaired) electrons. The highest BCUT2D eigenvalue weighted by Gasteiger charge is 2.13. The monoisotopic (exact) mass is 435 g/mol. The fourth-order valence-electron chi connectivity index (χ4n) is 1.89. The first-order valence-corrected chi connectivity index (χ1v) is 11.4. The summed E-state index contributed by atoms with van der Waals surface area (Å²) in [5, 5.41) is 12.2. The van der Waals surface area contributed by atoms with E-state index in [1.807, 2.05) is 13.0 Å². The summed E-state index contributed by atoms with van der Waals surface area (Å²) in [6.07, 6.45) is 2.34. The van der Waals surface area contributed by atoms with Crippen molar-refractivity contribution in [2.24, 2.45) is 0 Å². The lowest BCUT2D eigenvalue weighted by atomic mass is 10.1. The van der Waals surface area contributed by atoms with Gasteiger partial charge in [0.15, 0.2) is 8.68 Å². The molecule has 136 valence electrons. The number of benzene rings is 1. The number of hydrogen-bond donors (Lipinski definition) is 1. The normalized spacial score (nSPS) is 12.2. The fourth-order valence-corrected chi connectivity index (χ4v) is 5.19. The highest BCUT2D eigenvalue weighted by atomic mass is 35.5. The molecule has 1 atom stereocenters. The second-order valence-corrected chi connectivity index (χ2v) is 9.64. The lowest BCUT2D eigenvalue weighted by Gasteiger charge is -2.14. The molecular weight excluding hydrogens is 417 g/mol. The first-order valence-electron chi connectivity index (χ1n) is 7.83. The summed E-state index contributed by atoms with van der Waals surface area (Å²) in [6, 6.07) is 5.22. The molecule has 1 heterocycles. The summed E-state index contributed by atoms with van der Waals surface area (Å²) in [5.74, 6) is 1.30. The molecule has 0 fully saturated rings. The Kier molecular flexibility index (Phi) is 8.85. The van der Waals surface area contributed by atoms with Gasteiger partial charge < -0.3 is 5.32 Å². The molecule has 0 saturated heterocycles. The van der Waals surface area contributed by atoms with E-state index in [9.17, 15) is 4.79 Å². The molecular formula is C16H19Cl2N3OS3. The molecule has 0 aliphatic heterocycles. The Balaban J connectivity index is 1.79. The summed E-state index contributed by atoms with van der Waals surface area (Å²) in [4.78, 5) is 12.1. The van der Waals surface area contributed by atoms with Crippen LogP contribution in [0.4, 0.5) is 0 Å². The van der Waals surface area contributed by atoms with Gasteiger partial charge in [0.25, 0.3) is 0 Å². The van der Waals surface area contributed by atoms with Crippen molar-refractivity contribution in [2.75, 3.05) is 11.5 Å². The molecule has 0 saturated carbocycles. The zero-order valence-corrected chi connectivity index (χ0v) is 17.9. The Morgan fingerprint density at radius 2 is 1.96 bits per heavy atom. The number of carbonyl (C=O) groups excluding carboxylic acids is 1. The van der Waals surface area contributed by atoms with Gasteiger partial charge >= 0.3 is 0 Å². The minimum absolute atomic E-state index is 0.0565. The molecule has 1 aromatic heterocycles. The van der Waals surface area contributed by atoms with Crippen LogP contribution in [0.3, 0.4) is 0 Å². The second-order valence-electron chi connectivity index (χ2n) is 5.29. The highest BCUT2D eigenvalue weighted by Crippen LogP contribution is 2.29. The molecule has 25 heavy (non-hydrogen) atoms. The van der Waals surface area contributed by atoms with Gasteiger partial charge in [-0.25, -0.2) is 0 Å². The minimum atomic E-state index is -0.141. The Morgan fingerprint density at radius 1 is 1.24 bits per heavy atom. The zero-order valence-electron chi connectivity index (χ0n) is 13.9. The van der Waals surface area contributed by atoms with E-state index in [-0.39, 0.29) is 11.9 Å². The van der Waals surface area contributed by atoms with Crippen molar-refractivity contribution < 1.29 is 4.79 Å². The standard InChI is InChI=1S/C16H19Cl2N3OS3/c1-3-4-7-23-15-20-21-16(25-15)24-9-14(22)19-10(2)11-5-6-12(17)13(18)8-11/h5-6,8,10H,3-4,7,9H2,1-2H3,(H,19,22). The SMILES string of the molecule is CCCCSc1nnc(SCC(=O)NC(C)c2ccc(Cl)c(Cl)c2)s1. The van der Waals surface area contributed by atoms with E-state index in [4.69, 9.17) is 23.2 Å². The molecule has 0 aliphatic rings. The van der Waals surface area contributed by atoms with E-state index >= 15 is 0 Å². The van der Waals surface area contributed by atoms with Gasteiger partial charge in [-0.3, -0.25) is 4.79 Å². The highest BCUT2D eigenvalue weighted by molar-refractivity contribution is 8.03. The molecule has 9 heteroatoms. The lowest BCUT2D eigenvalue weighted by Crippen LogP contribution is -2.28. The summed E-state index contributed by atoms with van der Waals surface area (Å²) < 4.78 is 1.77. The van der Waals surface area contributed by atoms with Crippen LogP contribution in [0.5, 0.6) is 0 Å². The molecule has 2 rings (SSSR count). The fraction of sp³-hybridized carbons (Fsp3) is 0.438. The summed E-state index contributed by atoms with van der Waals surface area (Å²) >= 11 is 16.6. The number of nitrogens with one attached hydrogen (secondary N) is 1. The molecule has 1 N–H and O–H groups in total. The first kappa shape index (κ1) is 20.8. The third-order valence-corrected chi connectivity index (χ3v) is 7.27. The van der Waals surface area contributed by atoms with E-state index in [1.54, 1.807) is 23.9 Å².